The average molecular weight is 321 g/mol. The number of ether oxygens (including phenoxy) is 1. The maximum absolute atomic E-state index is 12.5. The maximum atomic E-state index is 12.5. The van der Waals surface area contributed by atoms with Gasteiger partial charge in [0.2, 0.25) is 0 Å². The Hall–Kier alpha value is -1.39. The molecule has 1 rings (SSSR count). The number of rotatable bonds is 8. The van der Waals surface area contributed by atoms with Gasteiger partial charge in [0.25, 0.3) is 0 Å². The molecule has 1 aromatic rings. The van der Waals surface area contributed by atoms with E-state index in [4.69, 9.17) is 4.74 Å². The number of carbonyl (C=O) groups excluding carboxylic acids is 1. The Morgan fingerprint density at radius 3 is 2.45 bits per heavy atom. The molecule has 0 saturated heterocycles. The lowest BCUT2D eigenvalue weighted by molar-refractivity contribution is -0.144. The standard InChI is InChI=1S/C18H28O3Si/c1-5-7-9-14-16(19)17(18(20)21-6-2)22(3,4)15-12-10-8-11-13-15/h8-14,16-17,19H,5-7H2,1-4H3/b14-9+. The third-order valence-electron chi connectivity index (χ3n) is 3.97. The number of aliphatic hydroxyl groups excluding tert-OH is 1. The number of hydrogen-bond donors (Lipinski definition) is 1. The third kappa shape index (κ3) is 4.82. The molecule has 0 aromatic heterocycles. The van der Waals surface area contributed by atoms with Crippen LogP contribution in [-0.4, -0.2) is 31.9 Å². The second kappa shape index (κ2) is 8.91. The quantitative estimate of drug-likeness (QED) is 0.454. The van der Waals surface area contributed by atoms with Crippen LogP contribution in [0.2, 0.25) is 18.6 Å². The fraction of sp³-hybridized carbons (Fsp3) is 0.500. The van der Waals surface area contributed by atoms with Crippen molar-refractivity contribution >= 4 is 19.2 Å². The Labute approximate surface area is 135 Å². The number of allylic oxidation sites excluding steroid dienone is 1. The Balaban J connectivity index is 3.11. The molecule has 22 heavy (non-hydrogen) atoms. The summed E-state index contributed by atoms with van der Waals surface area (Å²) < 4.78 is 5.24. The zero-order valence-electron chi connectivity index (χ0n) is 14.1. The number of hydrogen-bond acceptors (Lipinski definition) is 3. The van der Waals surface area contributed by atoms with Crippen LogP contribution in [0.4, 0.5) is 0 Å². The molecule has 0 spiro atoms. The van der Waals surface area contributed by atoms with Crippen molar-refractivity contribution in [3.63, 3.8) is 0 Å². The van der Waals surface area contributed by atoms with Crippen molar-refractivity contribution in [2.75, 3.05) is 6.61 Å². The van der Waals surface area contributed by atoms with Crippen LogP contribution in [0.3, 0.4) is 0 Å². The van der Waals surface area contributed by atoms with E-state index in [1.807, 2.05) is 36.4 Å². The molecule has 3 nitrogen and oxygen atoms in total. The van der Waals surface area contributed by atoms with Crippen molar-refractivity contribution in [1.29, 1.82) is 0 Å². The molecule has 0 amide bonds. The number of benzene rings is 1. The molecule has 0 aliphatic rings. The largest absolute Gasteiger partial charge is 0.466 e. The van der Waals surface area contributed by atoms with Gasteiger partial charge in [-0.2, -0.15) is 0 Å². The highest BCUT2D eigenvalue weighted by molar-refractivity contribution is 6.93. The second-order valence-electron chi connectivity index (χ2n) is 6.02. The summed E-state index contributed by atoms with van der Waals surface area (Å²) in [5, 5.41) is 11.7. The summed E-state index contributed by atoms with van der Waals surface area (Å²) in [5.74, 6) is -0.295. The molecule has 0 radical (unpaired) electrons. The first kappa shape index (κ1) is 18.7. The fourth-order valence-electron chi connectivity index (χ4n) is 2.65. The van der Waals surface area contributed by atoms with Crippen molar-refractivity contribution in [2.24, 2.45) is 0 Å². The highest BCUT2D eigenvalue weighted by Crippen LogP contribution is 2.28. The van der Waals surface area contributed by atoms with Crippen molar-refractivity contribution in [2.45, 2.75) is 51.4 Å². The molecule has 0 fully saturated rings. The molecule has 0 saturated carbocycles. The number of esters is 1. The van der Waals surface area contributed by atoms with Crippen LogP contribution >= 0.6 is 0 Å². The fourth-order valence-corrected chi connectivity index (χ4v) is 5.70. The summed E-state index contributed by atoms with van der Waals surface area (Å²) in [5.41, 5.74) is -0.497. The molecule has 0 aliphatic heterocycles. The third-order valence-corrected chi connectivity index (χ3v) is 7.92. The van der Waals surface area contributed by atoms with E-state index in [2.05, 4.69) is 20.0 Å². The summed E-state index contributed by atoms with van der Waals surface area (Å²) in [6.07, 6.45) is 4.83. The van der Waals surface area contributed by atoms with Crippen molar-refractivity contribution < 1.29 is 14.6 Å². The van der Waals surface area contributed by atoms with Crippen LogP contribution in [0.15, 0.2) is 42.5 Å². The van der Waals surface area contributed by atoms with E-state index >= 15 is 0 Å². The Morgan fingerprint density at radius 2 is 1.91 bits per heavy atom. The Bertz CT molecular complexity index is 482. The molecular weight excluding hydrogens is 292 g/mol. The predicted molar refractivity (Wildman–Crippen MR) is 94.0 cm³/mol. The second-order valence-corrected chi connectivity index (χ2v) is 10.7. The molecule has 0 heterocycles. The van der Waals surface area contributed by atoms with E-state index in [0.29, 0.717) is 6.61 Å². The summed E-state index contributed by atoms with van der Waals surface area (Å²) in [6, 6.07) is 10.0. The minimum atomic E-state index is -2.21. The lowest BCUT2D eigenvalue weighted by atomic mass is 10.2. The van der Waals surface area contributed by atoms with Crippen molar-refractivity contribution in [3.05, 3.63) is 42.5 Å². The Kier molecular flexibility index (Phi) is 7.55. The van der Waals surface area contributed by atoms with Crippen LogP contribution in [0.5, 0.6) is 0 Å². The molecule has 1 aromatic carbocycles. The normalized spacial score (nSPS) is 14.8. The molecule has 0 aliphatic carbocycles. The molecule has 122 valence electrons. The van der Waals surface area contributed by atoms with Crippen LogP contribution in [0.1, 0.15) is 26.7 Å². The number of carbonyl (C=O) groups is 1. The minimum absolute atomic E-state index is 0.295. The van der Waals surface area contributed by atoms with E-state index in [0.717, 1.165) is 18.0 Å². The summed E-state index contributed by atoms with van der Waals surface area (Å²) in [4.78, 5) is 12.5. The highest BCUT2D eigenvalue weighted by Gasteiger charge is 2.43. The van der Waals surface area contributed by atoms with E-state index in [1.165, 1.54) is 0 Å². The highest BCUT2D eigenvalue weighted by atomic mass is 28.3. The lowest BCUT2D eigenvalue weighted by Gasteiger charge is -2.33. The number of unbranched alkanes of at least 4 members (excludes halogenated alkanes) is 1. The van der Waals surface area contributed by atoms with Gasteiger partial charge in [0.1, 0.15) is 0 Å². The zero-order valence-corrected chi connectivity index (χ0v) is 15.1. The van der Waals surface area contributed by atoms with Crippen LogP contribution in [0, 0.1) is 0 Å². The van der Waals surface area contributed by atoms with Gasteiger partial charge in [-0.15, -0.1) is 0 Å². The first-order valence-electron chi connectivity index (χ1n) is 8.02. The lowest BCUT2D eigenvalue weighted by Crippen LogP contribution is -2.52. The SMILES string of the molecule is CCC/C=C/C(O)C(C(=O)OCC)[Si](C)(C)c1ccccc1. The first-order chi connectivity index (χ1) is 10.4. The topological polar surface area (TPSA) is 46.5 Å². The molecular formula is C18H28O3Si. The molecule has 2 atom stereocenters. The van der Waals surface area contributed by atoms with Gasteiger partial charge in [0, 0.05) is 0 Å². The predicted octanol–water partition coefficient (Wildman–Crippen LogP) is 3.25. The van der Waals surface area contributed by atoms with Crippen molar-refractivity contribution in [1.82, 2.24) is 0 Å². The molecule has 1 N–H and O–H groups in total. The molecule has 2 unspecified atom stereocenters. The smallest absolute Gasteiger partial charge is 0.309 e. The van der Waals surface area contributed by atoms with Gasteiger partial charge < -0.3 is 9.84 Å². The van der Waals surface area contributed by atoms with Crippen LogP contribution in [0.25, 0.3) is 0 Å². The van der Waals surface area contributed by atoms with Gasteiger partial charge in [-0.1, -0.05) is 74.1 Å². The first-order valence-corrected chi connectivity index (χ1v) is 11.1. The van der Waals surface area contributed by atoms with E-state index in [9.17, 15) is 9.90 Å². The van der Waals surface area contributed by atoms with Gasteiger partial charge in [0.05, 0.1) is 26.3 Å². The van der Waals surface area contributed by atoms with Crippen LogP contribution < -0.4 is 5.19 Å². The minimum Gasteiger partial charge on any atom is -0.466 e. The average Bonchev–Trinajstić information content (AvgIpc) is 2.48. The van der Waals surface area contributed by atoms with Crippen molar-refractivity contribution in [3.8, 4) is 0 Å². The summed E-state index contributed by atoms with van der Waals surface area (Å²) >= 11 is 0. The van der Waals surface area contributed by atoms with E-state index in [-0.39, 0.29) is 5.97 Å². The van der Waals surface area contributed by atoms with Gasteiger partial charge in [-0.3, -0.25) is 4.79 Å². The van der Waals surface area contributed by atoms with E-state index in [1.54, 1.807) is 13.0 Å². The summed E-state index contributed by atoms with van der Waals surface area (Å²) in [7, 11) is -2.21. The van der Waals surface area contributed by atoms with Gasteiger partial charge >= 0.3 is 5.97 Å². The monoisotopic (exact) mass is 320 g/mol. The van der Waals surface area contributed by atoms with Gasteiger partial charge in [-0.25, -0.2) is 0 Å². The van der Waals surface area contributed by atoms with Crippen LogP contribution in [-0.2, 0) is 9.53 Å². The Morgan fingerprint density at radius 1 is 1.27 bits per heavy atom. The van der Waals surface area contributed by atoms with E-state index < -0.39 is 19.7 Å². The zero-order chi connectivity index (χ0) is 16.6. The van der Waals surface area contributed by atoms with Gasteiger partial charge in [-0.05, 0) is 13.3 Å². The molecule has 4 heteroatoms. The summed E-state index contributed by atoms with van der Waals surface area (Å²) in [6.45, 7) is 8.44. The number of aliphatic hydroxyl groups is 1. The van der Waals surface area contributed by atoms with Gasteiger partial charge in [0.15, 0.2) is 0 Å². The molecule has 0 bridgehead atoms. The maximum Gasteiger partial charge on any atom is 0.309 e.